The molecule has 9 nitrogen and oxygen atoms in total. The summed E-state index contributed by atoms with van der Waals surface area (Å²) in [6.45, 7) is 5.33. The molecule has 4 N–H and O–H groups in total. The molecule has 172 valence electrons. The Morgan fingerprint density at radius 1 is 1.19 bits per heavy atom. The number of halogens is 1. The van der Waals surface area contributed by atoms with Crippen molar-refractivity contribution >= 4 is 11.6 Å². The summed E-state index contributed by atoms with van der Waals surface area (Å²) in [5, 5.41) is 44.8. The quantitative estimate of drug-likeness (QED) is 0.489. The highest BCUT2D eigenvalue weighted by Gasteiger charge is 2.45. The van der Waals surface area contributed by atoms with Gasteiger partial charge in [0.1, 0.15) is 30.2 Å². The second kappa shape index (κ2) is 9.72. The van der Waals surface area contributed by atoms with E-state index in [2.05, 4.69) is 5.10 Å². The van der Waals surface area contributed by atoms with Crippen LogP contribution in [0.1, 0.15) is 36.7 Å². The summed E-state index contributed by atoms with van der Waals surface area (Å²) in [5.74, 6) is 0.792. The minimum atomic E-state index is -1.53. The zero-order chi connectivity index (χ0) is 22.9. The maximum absolute atomic E-state index is 10.3. The summed E-state index contributed by atoms with van der Waals surface area (Å²) in [6.07, 6.45) is -6.46. The van der Waals surface area contributed by atoms with Crippen molar-refractivity contribution in [3.63, 3.8) is 0 Å². The highest BCUT2D eigenvalue weighted by atomic mass is 35.5. The van der Waals surface area contributed by atoms with Gasteiger partial charge >= 0.3 is 0 Å². The summed E-state index contributed by atoms with van der Waals surface area (Å²) in [4.78, 5) is 0. The van der Waals surface area contributed by atoms with Crippen molar-refractivity contribution in [1.82, 2.24) is 9.78 Å². The van der Waals surface area contributed by atoms with E-state index in [4.69, 9.17) is 25.8 Å². The molecular formula is C21H29ClN2O7. The second-order valence-electron chi connectivity index (χ2n) is 7.87. The van der Waals surface area contributed by atoms with Crippen LogP contribution >= 0.6 is 11.6 Å². The number of aliphatic hydroxyl groups is 4. The first-order valence-electron chi connectivity index (χ1n) is 10.1. The van der Waals surface area contributed by atoms with Gasteiger partial charge in [-0.05, 0) is 38.5 Å². The number of benzene rings is 1. The first-order chi connectivity index (χ1) is 14.7. The number of hydrogen-bond acceptors (Lipinski definition) is 8. The smallest absolute Gasteiger partial charge is 0.239 e. The molecule has 1 aliphatic heterocycles. The van der Waals surface area contributed by atoms with E-state index >= 15 is 0 Å². The minimum Gasteiger partial charge on any atom is -0.495 e. The van der Waals surface area contributed by atoms with Gasteiger partial charge in [-0.1, -0.05) is 17.7 Å². The van der Waals surface area contributed by atoms with E-state index in [0.717, 1.165) is 16.8 Å². The van der Waals surface area contributed by atoms with Crippen LogP contribution in [0.25, 0.3) is 0 Å². The average Bonchev–Trinajstić information content (AvgIpc) is 3.04. The number of aromatic nitrogens is 2. The summed E-state index contributed by atoms with van der Waals surface area (Å²) < 4.78 is 18.3. The van der Waals surface area contributed by atoms with Crippen molar-refractivity contribution in [3.8, 4) is 11.6 Å². The Hall–Kier alpha value is -1.88. The van der Waals surface area contributed by atoms with Crippen molar-refractivity contribution in [2.45, 2.75) is 63.9 Å². The SMILES string of the molecule is COc1ccc(Cc2c(OC3O[C@H](CO)[C@@H](O)[C@H](O)[C@H]3O)nn(C(C)C)c2C)cc1Cl. The summed E-state index contributed by atoms with van der Waals surface area (Å²) in [7, 11) is 1.55. The number of aliphatic hydroxyl groups excluding tert-OH is 4. The number of methoxy groups -OCH3 is 1. The number of hydrogen-bond donors (Lipinski definition) is 4. The van der Waals surface area contributed by atoms with Crippen LogP contribution in [0.2, 0.25) is 5.02 Å². The third kappa shape index (κ3) is 4.82. The predicted octanol–water partition coefficient (Wildman–Crippen LogP) is 1.20. The molecule has 0 bridgehead atoms. The Morgan fingerprint density at radius 3 is 2.48 bits per heavy atom. The maximum Gasteiger partial charge on any atom is 0.239 e. The fourth-order valence-electron chi connectivity index (χ4n) is 3.63. The molecule has 0 spiro atoms. The van der Waals surface area contributed by atoms with E-state index in [-0.39, 0.29) is 11.9 Å². The largest absolute Gasteiger partial charge is 0.495 e. The molecule has 0 aliphatic carbocycles. The molecule has 2 heterocycles. The van der Waals surface area contributed by atoms with E-state index in [1.54, 1.807) is 23.9 Å². The van der Waals surface area contributed by atoms with Gasteiger partial charge in [0.2, 0.25) is 12.2 Å². The van der Waals surface area contributed by atoms with Gasteiger partial charge in [0.05, 0.1) is 18.7 Å². The molecular weight excluding hydrogens is 428 g/mol. The molecule has 1 fully saturated rings. The zero-order valence-electron chi connectivity index (χ0n) is 17.9. The number of ether oxygens (including phenoxy) is 3. The van der Waals surface area contributed by atoms with Crippen LogP contribution in [0.4, 0.5) is 0 Å². The van der Waals surface area contributed by atoms with E-state index in [9.17, 15) is 20.4 Å². The topological polar surface area (TPSA) is 126 Å². The minimum absolute atomic E-state index is 0.0466. The Bertz CT molecular complexity index is 902. The predicted molar refractivity (Wildman–Crippen MR) is 113 cm³/mol. The Labute approximate surface area is 185 Å². The van der Waals surface area contributed by atoms with Gasteiger partial charge in [-0.15, -0.1) is 5.10 Å². The van der Waals surface area contributed by atoms with Crippen LogP contribution in [0, 0.1) is 6.92 Å². The Balaban J connectivity index is 1.93. The van der Waals surface area contributed by atoms with E-state index in [1.807, 2.05) is 26.8 Å². The van der Waals surface area contributed by atoms with Gasteiger partial charge in [0.15, 0.2) is 0 Å². The first kappa shape index (κ1) is 23.8. The third-order valence-corrected chi connectivity index (χ3v) is 5.69. The van der Waals surface area contributed by atoms with Crippen molar-refractivity contribution < 1.29 is 34.6 Å². The van der Waals surface area contributed by atoms with Crippen molar-refractivity contribution in [3.05, 3.63) is 40.0 Å². The highest BCUT2D eigenvalue weighted by Crippen LogP contribution is 2.32. The average molecular weight is 457 g/mol. The summed E-state index contributed by atoms with van der Waals surface area (Å²) in [6, 6.07) is 5.50. The first-order valence-corrected chi connectivity index (χ1v) is 10.4. The lowest BCUT2D eigenvalue weighted by molar-refractivity contribution is -0.278. The van der Waals surface area contributed by atoms with Crippen molar-refractivity contribution in [2.24, 2.45) is 0 Å². The fraction of sp³-hybridized carbons (Fsp3) is 0.571. The molecule has 3 rings (SSSR count). The van der Waals surface area contributed by atoms with Crippen LogP contribution in [-0.2, 0) is 11.2 Å². The van der Waals surface area contributed by atoms with Gasteiger partial charge in [-0.25, -0.2) is 0 Å². The standard InChI is InChI=1S/C21H29ClN2O7/c1-10(2)24-11(3)13(7-12-5-6-15(29-4)14(22)8-12)20(23-24)31-21-19(28)18(27)17(26)16(9-25)30-21/h5-6,8,10,16-19,21,25-28H,7,9H2,1-4H3/t16-,17-,18+,19-,21?/m1/s1. The van der Waals surface area contributed by atoms with Gasteiger partial charge in [-0.3, -0.25) is 4.68 Å². The van der Waals surface area contributed by atoms with Crippen LogP contribution < -0.4 is 9.47 Å². The summed E-state index contributed by atoms with van der Waals surface area (Å²) in [5.41, 5.74) is 2.52. The lowest BCUT2D eigenvalue weighted by Gasteiger charge is -2.39. The van der Waals surface area contributed by atoms with E-state index in [1.165, 1.54) is 0 Å². The molecule has 1 saturated heterocycles. The number of rotatable bonds is 7. The maximum atomic E-state index is 10.3. The van der Waals surface area contributed by atoms with Gasteiger partial charge < -0.3 is 34.6 Å². The molecule has 1 aliphatic rings. The lowest BCUT2D eigenvalue weighted by Crippen LogP contribution is -2.60. The van der Waals surface area contributed by atoms with Crippen LogP contribution in [0.15, 0.2) is 18.2 Å². The Kier molecular flexibility index (Phi) is 7.46. The van der Waals surface area contributed by atoms with Gasteiger partial charge in [-0.2, -0.15) is 0 Å². The molecule has 1 aromatic heterocycles. The number of nitrogens with zero attached hydrogens (tertiary/aromatic N) is 2. The van der Waals surface area contributed by atoms with Crippen LogP contribution in [0.5, 0.6) is 11.6 Å². The molecule has 0 amide bonds. The monoisotopic (exact) mass is 456 g/mol. The molecule has 31 heavy (non-hydrogen) atoms. The van der Waals surface area contributed by atoms with Crippen molar-refractivity contribution in [1.29, 1.82) is 0 Å². The molecule has 0 saturated carbocycles. The zero-order valence-corrected chi connectivity index (χ0v) is 18.7. The highest BCUT2D eigenvalue weighted by molar-refractivity contribution is 6.32. The second-order valence-corrected chi connectivity index (χ2v) is 8.28. The van der Waals surface area contributed by atoms with Crippen molar-refractivity contribution in [2.75, 3.05) is 13.7 Å². The Morgan fingerprint density at radius 2 is 1.90 bits per heavy atom. The lowest BCUT2D eigenvalue weighted by atomic mass is 9.99. The van der Waals surface area contributed by atoms with Gasteiger partial charge in [0, 0.05) is 23.7 Å². The fourth-order valence-corrected chi connectivity index (χ4v) is 3.91. The van der Waals surface area contributed by atoms with E-state index < -0.39 is 37.3 Å². The molecule has 5 atom stereocenters. The molecule has 1 unspecified atom stereocenters. The molecule has 0 radical (unpaired) electrons. The van der Waals surface area contributed by atoms with Crippen LogP contribution in [-0.4, -0.2) is 74.6 Å². The molecule has 1 aromatic carbocycles. The molecule has 10 heteroatoms. The van der Waals surface area contributed by atoms with Crippen LogP contribution in [0.3, 0.4) is 0 Å². The third-order valence-electron chi connectivity index (χ3n) is 5.40. The normalized spacial score (nSPS) is 26.3. The van der Waals surface area contributed by atoms with E-state index in [0.29, 0.717) is 17.2 Å². The molecule has 2 aromatic rings. The van der Waals surface area contributed by atoms with Gasteiger partial charge in [0.25, 0.3) is 0 Å². The summed E-state index contributed by atoms with van der Waals surface area (Å²) >= 11 is 6.26.